The monoisotopic (exact) mass is 412 g/mol. The summed E-state index contributed by atoms with van der Waals surface area (Å²) >= 11 is 1.67. The molecule has 1 fully saturated rings. The third-order valence-corrected chi connectivity index (χ3v) is 6.41. The van der Waals surface area contributed by atoms with Gasteiger partial charge in [0.1, 0.15) is 5.01 Å². The van der Waals surface area contributed by atoms with Crippen molar-refractivity contribution < 1.29 is 19.0 Å². The lowest BCUT2D eigenvalue weighted by Gasteiger charge is -2.34. The predicted molar refractivity (Wildman–Crippen MR) is 113 cm³/mol. The van der Waals surface area contributed by atoms with E-state index in [-0.39, 0.29) is 11.9 Å². The van der Waals surface area contributed by atoms with Crippen molar-refractivity contribution in [3.05, 3.63) is 47.0 Å². The molecule has 2 aromatic carbocycles. The molecule has 0 spiro atoms. The van der Waals surface area contributed by atoms with Crippen LogP contribution in [0, 0.1) is 0 Å². The fraction of sp³-hybridized carbons (Fsp3) is 0.364. The van der Waals surface area contributed by atoms with E-state index < -0.39 is 0 Å². The van der Waals surface area contributed by atoms with E-state index in [0.29, 0.717) is 29.4 Å². The van der Waals surface area contributed by atoms with Crippen LogP contribution in [0.4, 0.5) is 0 Å². The van der Waals surface area contributed by atoms with Crippen LogP contribution in [-0.4, -0.2) is 43.7 Å². The Morgan fingerprint density at radius 2 is 1.79 bits per heavy atom. The fourth-order valence-corrected chi connectivity index (χ4v) is 4.95. The van der Waals surface area contributed by atoms with E-state index in [1.54, 1.807) is 44.8 Å². The van der Waals surface area contributed by atoms with E-state index in [0.717, 1.165) is 34.5 Å². The van der Waals surface area contributed by atoms with E-state index in [2.05, 4.69) is 6.07 Å². The molecular weight excluding hydrogens is 388 g/mol. The van der Waals surface area contributed by atoms with Crippen LogP contribution >= 0.6 is 11.3 Å². The maximum Gasteiger partial charge on any atom is 0.254 e. The molecule has 0 N–H and O–H groups in total. The first kappa shape index (κ1) is 19.5. The van der Waals surface area contributed by atoms with Crippen LogP contribution in [0.5, 0.6) is 17.2 Å². The number of ether oxygens (including phenoxy) is 3. The number of fused-ring (bicyclic) bond motifs is 1. The number of benzene rings is 2. The molecule has 152 valence electrons. The highest BCUT2D eigenvalue weighted by atomic mass is 32.1. The average Bonchev–Trinajstić information content (AvgIpc) is 3.21. The number of likely N-dealkylation sites (tertiary alicyclic amines) is 1. The molecule has 1 aliphatic heterocycles. The Morgan fingerprint density at radius 3 is 2.45 bits per heavy atom. The fourth-order valence-electron chi connectivity index (χ4n) is 3.83. The van der Waals surface area contributed by atoms with Crippen molar-refractivity contribution >= 4 is 27.5 Å². The van der Waals surface area contributed by atoms with Crippen molar-refractivity contribution in [1.82, 2.24) is 9.88 Å². The van der Waals surface area contributed by atoms with E-state index in [1.807, 2.05) is 23.1 Å². The molecule has 1 aliphatic rings. The largest absolute Gasteiger partial charge is 0.493 e. The Morgan fingerprint density at radius 1 is 1.07 bits per heavy atom. The van der Waals surface area contributed by atoms with E-state index >= 15 is 0 Å². The van der Waals surface area contributed by atoms with Crippen LogP contribution in [-0.2, 0) is 0 Å². The second-order valence-electron chi connectivity index (χ2n) is 6.94. The quantitative estimate of drug-likeness (QED) is 0.608. The molecule has 29 heavy (non-hydrogen) atoms. The van der Waals surface area contributed by atoms with Crippen LogP contribution in [0.1, 0.15) is 40.7 Å². The summed E-state index contributed by atoms with van der Waals surface area (Å²) in [5.74, 6) is 1.38. The van der Waals surface area contributed by atoms with Gasteiger partial charge < -0.3 is 19.1 Å². The summed E-state index contributed by atoms with van der Waals surface area (Å²) in [6.45, 7) is 0.704. The number of hydrogen-bond donors (Lipinski definition) is 0. The van der Waals surface area contributed by atoms with Gasteiger partial charge in [-0.15, -0.1) is 11.3 Å². The molecule has 1 atom stereocenters. The molecule has 6 nitrogen and oxygen atoms in total. The minimum atomic E-state index is -0.0480. The van der Waals surface area contributed by atoms with Gasteiger partial charge in [-0.2, -0.15) is 0 Å². The van der Waals surface area contributed by atoms with Gasteiger partial charge in [0.2, 0.25) is 5.75 Å². The zero-order chi connectivity index (χ0) is 20.4. The summed E-state index contributed by atoms with van der Waals surface area (Å²) in [6, 6.07) is 11.5. The molecule has 2 heterocycles. The Hall–Kier alpha value is -2.80. The molecule has 0 saturated carbocycles. The number of carbonyl (C=O) groups is 1. The molecule has 7 heteroatoms. The summed E-state index contributed by atoms with van der Waals surface area (Å²) in [5.41, 5.74) is 1.51. The van der Waals surface area contributed by atoms with Gasteiger partial charge in [-0.25, -0.2) is 4.98 Å². The number of para-hydroxylation sites is 1. The molecule has 3 aromatic rings. The first-order valence-electron chi connectivity index (χ1n) is 9.62. The molecule has 4 rings (SSSR count). The average molecular weight is 413 g/mol. The molecule has 1 saturated heterocycles. The van der Waals surface area contributed by atoms with Crippen molar-refractivity contribution in [2.45, 2.75) is 25.3 Å². The van der Waals surface area contributed by atoms with Gasteiger partial charge >= 0.3 is 0 Å². The number of piperidine rings is 1. The zero-order valence-electron chi connectivity index (χ0n) is 16.8. The van der Waals surface area contributed by atoms with Gasteiger partial charge in [-0.1, -0.05) is 12.1 Å². The maximum atomic E-state index is 13.5. The number of nitrogens with zero attached hydrogens (tertiary/aromatic N) is 2. The molecule has 0 aliphatic carbocycles. The Bertz CT molecular complexity index is 975. The third kappa shape index (κ3) is 3.62. The van der Waals surface area contributed by atoms with Crippen LogP contribution < -0.4 is 14.2 Å². The van der Waals surface area contributed by atoms with E-state index in [9.17, 15) is 4.79 Å². The highest BCUT2D eigenvalue weighted by Crippen LogP contribution is 2.40. The second-order valence-corrected chi connectivity index (χ2v) is 8.01. The van der Waals surface area contributed by atoms with Crippen molar-refractivity contribution in [2.24, 2.45) is 0 Å². The SMILES string of the molecule is COc1cc(C(=O)N2CCCCC2c2nc3ccccc3s2)cc(OC)c1OC. The van der Waals surface area contributed by atoms with Gasteiger partial charge in [0.25, 0.3) is 5.91 Å². The molecular formula is C22H24N2O4S. The summed E-state index contributed by atoms with van der Waals surface area (Å²) in [6.07, 6.45) is 2.98. The summed E-state index contributed by atoms with van der Waals surface area (Å²) in [5, 5.41) is 0.992. The molecule has 0 radical (unpaired) electrons. The number of amides is 1. The first-order chi connectivity index (χ1) is 14.2. The highest BCUT2D eigenvalue weighted by Gasteiger charge is 2.32. The second kappa shape index (κ2) is 8.29. The molecule has 1 aromatic heterocycles. The minimum absolute atomic E-state index is 0.0206. The van der Waals surface area contributed by atoms with Crippen LogP contribution in [0.25, 0.3) is 10.2 Å². The summed E-state index contributed by atoms with van der Waals surface area (Å²) in [7, 11) is 4.66. The molecule has 0 bridgehead atoms. The standard InChI is InChI=1S/C22H24N2O4S/c1-26-17-12-14(13-18(27-2)20(17)28-3)22(25)24-11-7-6-9-16(24)21-23-15-8-4-5-10-19(15)29-21/h4-5,8,10,12-13,16H,6-7,9,11H2,1-3H3. The summed E-state index contributed by atoms with van der Waals surface area (Å²) in [4.78, 5) is 20.2. The number of aromatic nitrogens is 1. The van der Waals surface area contributed by atoms with Gasteiger partial charge in [-0.05, 0) is 43.5 Å². The number of rotatable bonds is 5. The minimum Gasteiger partial charge on any atom is -0.493 e. The van der Waals surface area contributed by atoms with Gasteiger partial charge in [0.15, 0.2) is 11.5 Å². The Kier molecular flexibility index (Phi) is 5.58. The van der Waals surface area contributed by atoms with Crippen molar-refractivity contribution in [3.8, 4) is 17.2 Å². The summed E-state index contributed by atoms with van der Waals surface area (Å²) < 4.78 is 17.4. The zero-order valence-corrected chi connectivity index (χ0v) is 17.6. The van der Waals surface area contributed by atoms with Gasteiger partial charge in [-0.3, -0.25) is 4.79 Å². The predicted octanol–water partition coefficient (Wildman–Crippen LogP) is 4.69. The van der Waals surface area contributed by atoms with Crippen LogP contribution in [0.3, 0.4) is 0 Å². The van der Waals surface area contributed by atoms with Crippen LogP contribution in [0.2, 0.25) is 0 Å². The number of carbonyl (C=O) groups excluding carboxylic acids is 1. The highest BCUT2D eigenvalue weighted by molar-refractivity contribution is 7.18. The topological polar surface area (TPSA) is 60.9 Å². The normalized spacial score (nSPS) is 16.7. The lowest BCUT2D eigenvalue weighted by Crippen LogP contribution is -2.38. The number of thiazole rings is 1. The van der Waals surface area contributed by atoms with Crippen molar-refractivity contribution in [3.63, 3.8) is 0 Å². The van der Waals surface area contributed by atoms with Gasteiger partial charge in [0.05, 0.1) is 37.6 Å². The third-order valence-electron chi connectivity index (χ3n) is 5.27. The van der Waals surface area contributed by atoms with Crippen molar-refractivity contribution in [2.75, 3.05) is 27.9 Å². The van der Waals surface area contributed by atoms with E-state index in [1.165, 1.54) is 0 Å². The first-order valence-corrected chi connectivity index (χ1v) is 10.4. The lowest BCUT2D eigenvalue weighted by atomic mass is 10.0. The van der Waals surface area contributed by atoms with E-state index in [4.69, 9.17) is 19.2 Å². The number of hydrogen-bond acceptors (Lipinski definition) is 6. The van der Waals surface area contributed by atoms with Gasteiger partial charge in [0, 0.05) is 12.1 Å². The molecule has 1 amide bonds. The van der Waals surface area contributed by atoms with Crippen LogP contribution in [0.15, 0.2) is 36.4 Å². The van der Waals surface area contributed by atoms with Crippen molar-refractivity contribution in [1.29, 1.82) is 0 Å². The Balaban J connectivity index is 1.70. The Labute approximate surface area is 174 Å². The number of methoxy groups -OCH3 is 3. The molecule has 1 unspecified atom stereocenters. The lowest BCUT2D eigenvalue weighted by molar-refractivity contribution is 0.0610. The maximum absolute atomic E-state index is 13.5. The smallest absolute Gasteiger partial charge is 0.254 e.